The average Bonchev–Trinajstić information content (AvgIpc) is 2.64. The van der Waals surface area contributed by atoms with Gasteiger partial charge in [0.2, 0.25) is 0 Å². The molecule has 142 valence electrons. The molecule has 0 heterocycles. The Hall–Kier alpha value is -2.87. The van der Waals surface area contributed by atoms with Crippen molar-refractivity contribution in [2.45, 2.75) is 13.8 Å². The summed E-state index contributed by atoms with van der Waals surface area (Å²) in [5, 5.41) is 16.2. The summed E-state index contributed by atoms with van der Waals surface area (Å²) in [7, 11) is 0. The number of ether oxygens (including phenoxy) is 1. The lowest BCUT2D eigenvalue weighted by atomic mass is 10.1. The van der Waals surface area contributed by atoms with Crippen molar-refractivity contribution in [2.75, 3.05) is 13.2 Å². The second-order valence-corrected chi connectivity index (χ2v) is 6.48. The number of benzene rings is 2. The second kappa shape index (κ2) is 9.72. The van der Waals surface area contributed by atoms with Crippen LogP contribution in [0.25, 0.3) is 0 Å². The van der Waals surface area contributed by atoms with Gasteiger partial charge in [0.15, 0.2) is 11.5 Å². The van der Waals surface area contributed by atoms with E-state index < -0.39 is 5.91 Å². The Morgan fingerprint density at radius 2 is 1.96 bits per heavy atom. The van der Waals surface area contributed by atoms with Crippen LogP contribution in [0.3, 0.4) is 0 Å². The minimum absolute atomic E-state index is 0.00291. The van der Waals surface area contributed by atoms with E-state index in [0.29, 0.717) is 28.0 Å². The number of carbonyl (C=O) groups is 2. The molecule has 0 atom stereocenters. The molecule has 0 aromatic heterocycles. The van der Waals surface area contributed by atoms with Crippen LogP contribution in [-0.4, -0.2) is 36.3 Å². The van der Waals surface area contributed by atoms with E-state index in [1.165, 1.54) is 6.21 Å². The topological polar surface area (TPSA) is 100 Å². The summed E-state index contributed by atoms with van der Waals surface area (Å²) in [5.74, 6) is -0.491. The molecule has 3 N–H and O–H groups in total. The number of hydrogen-bond donors (Lipinski definition) is 3. The van der Waals surface area contributed by atoms with Crippen molar-refractivity contribution < 1.29 is 19.4 Å². The summed E-state index contributed by atoms with van der Waals surface area (Å²) >= 11 is 3.23. The van der Waals surface area contributed by atoms with Gasteiger partial charge < -0.3 is 15.2 Å². The molecule has 0 aliphatic rings. The predicted octanol–water partition coefficient (Wildman–Crippen LogP) is 2.74. The van der Waals surface area contributed by atoms with Gasteiger partial charge >= 0.3 is 0 Å². The predicted molar refractivity (Wildman–Crippen MR) is 106 cm³/mol. The van der Waals surface area contributed by atoms with Crippen molar-refractivity contribution in [3.05, 3.63) is 57.6 Å². The minimum atomic E-state index is -0.463. The number of amides is 2. The van der Waals surface area contributed by atoms with E-state index in [2.05, 4.69) is 31.8 Å². The fraction of sp³-hybridized carbons (Fsp3) is 0.211. The van der Waals surface area contributed by atoms with Crippen LogP contribution in [0.2, 0.25) is 0 Å². The zero-order chi connectivity index (χ0) is 19.8. The summed E-state index contributed by atoms with van der Waals surface area (Å²) in [6.45, 7) is 3.93. The summed E-state index contributed by atoms with van der Waals surface area (Å²) < 4.78 is 5.77. The summed E-state index contributed by atoms with van der Waals surface area (Å²) in [5.41, 5.74) is 4.48. The number of hydrazone groups is 1. The molecular weight excluding hydrogens is 414 g/mol. The minimum Gasteiger partial charge on any atom is -0.503 e. The van der Waals surface area contributed by atoms with E-state index in [9.17, 15) is 14.7 Å². The second-order valence-electron chi connectivity index (χ2n) is 5.62. The van der Waals surface area contributed by atoms with E-state index in [4.69, 9.17) is 4.74 Å². The van der Waals surface area contributed by atoms with Gasteiger partial charge in [-0.25, -0.2) is 5.43 Å². The van der Waals surface area contributed by atoms with Gasteiger partial charge in [-0.15, -0.1) is 0 Å². The molecule has 0 saturated carbocycles. The van der Waals surface area contributed by atoms with Gasteiger partial charge in [-0.1, -0.05) is 17.7 Å². The van der Waals surface area contributed by atoms with Crippen LogP contribution in [0.15, 0.2) is 46.0 Å². The number of phenols is 1. The van der Waals surface area contributed by atoms with Crippen molar-refractivity contribution >= 4 is 34.0 Å². The third kappa shape index (κ3) is 6.10. The van der Waals surface area contributed by atoms with Crippen molar-refractivity contribution in [3.8, 4) is 11.5 Å². The molecule has 0 aliphatic carbocycles. The Morgan fingerprint density at radius 3 is 2.63 bits per heavy atom. The molecule has 2 aromatic carbocycles. The highest BCUT2D eigenvalue weighted by molar-refractivity contribution is 9.10. The first-order valence-corrected chi connectivity index (χ1v) is 9.02. The zero-order valence-electron chi connectivity index (χ0n) is 15.0. The highest BCUT2D eigenvalue weighted by atomic mass is 79.9. The van der Waals surface area contributed by atoms with E-state index in [-0.39, 0.29) is 18.2 Å². The molecule has 27 heavy (non-hydrogen) atoms. The van der Waals surface area contributed by atoms with Crippen LogP contribution < -0.4 is 15.5 Å². The monoisotopic (exact) mass is 433 g/mol. The number of carbonyl (C=O) groups excluding carboxylic acids is 2. The SMILES string of the molecule is CCOc1cc(/C=N\NC(=O)CNC(=O)c2ccc(C)cc2)cc(Br)c1O. The molecule has 8 heteroatoms. The number of halogens is 1. The largest absolute Gasteiger partial charge is 0.503 e. The fourth-order valence-corrected chi connectivity index (χ4v) is 2.58. The first-order chi connectivity index (χ1) is 12.9. The summed E-state index contributed by atoms with van der Waals surface area (Å²) in [6.07, 6.45) is 1.41. The molecule has 7 nitrogen and oxygen atoms in total. The molecule has 0 unspecified atom stereocenters. The van der Waals surface area contributed by atoms with Gasteiger partial charge in [-0.2, -0.15) is 5.10 Å². The Balaban J connectivity index is 1.88. The number of aromatic hydroxyl groups is 1. The Labute approximate surface area is 165 Å². The molecule has 0 spiro atoms. The van der Waals surface area contributed by atoms with Gasteiger partial charge in [-0.05, 0) is 59.6 Å². The zero-order valence-corrected chi connectivity index (χ0v) is 16.5. The summed E-state index contributed by atoms with van der Waals surface area (Å²) in [4.78, 5) is 23.8. The molecule has 0 fully saturated rings. The van der Waals surface area contributed by atoms with Gasteiger partial charge in [0, 0.05) is 5.56 Å². The van der Waals surface area contributed by atoms with E-state index in [1.54, 1.807) is 31.2 Å². The highest BCUT2D eigenvalue weighted by Gasteiger charge is 2.09. The molecule has 0 radical (unpaired) electrons. The number of hydrogen-bond acceptors (Lipinski definition) is 5. The first-order valence-electron chi connectivity index (χ1n) is 8.22. The fourth-order valence-electron chi connectivity index (χ4n) is 2.12. The standard InChI is InChI=1S/C19H20BrN3O4/c1-3-27-16-9-13(8-15(20)18(16)25)10-22-23-17(24)11-21-19(26)14-6-4-12(2)5-7-14/h4-10,25H,3,11H2,1-2H3,(H,21,26)(H,23,24)/b22-10-. The molecular formula is C19H20BrN3O4. The third-order valence-corrected chi connectivity index (χ3v) is 4.08. The molecule has 2 rings (SSSR count). The van der Waals surface area contributed by atoms with Gasteiger partial charge in [0.05, 0.1) is 23.8 Å². The molecule has 2 aromatic rings. The number of nitrogens with zero attached hydrogens (tertiary/aromatic N) is 1. The average molecular weight is 434 g/mol. The number of rotatable bonds is 7. The lowest BCUT2D eigenvalue weighted by molar-refractivity contribution is -0.120. The molecule has 2 amide bonds. The van der Waals surface area contributed by atoms with E-state index in [0.717, 1.165) is 5.56 Å². The van der Waals surface area contributed by atoms with Crippen molar-refractivity contribution in [2.24, 2.45) is 5.10 Å². The number of phenolic OH excluding ortho intramolecular Hbond substituents is 1. The number of aryl methyl sites for hydroxylation is 1. The van der Waals surface area contributed by atoms with Crippen LogP contribution in [0.4, 0.5) is 0 Å². The maximum absolute atomic E-state index is 12.0. The third-order valence-electron chi connectivity index (χ3n) is 3.48. The number of nitrogens with one attached hydrogen (secondary N) is 2. The van der Waals surface area contributed by atoms with Crippen LogP contribution in [0.1, 0.15) is 28.4 Å². The van der Waals surface area contributed by atoms with E-state index >= 15 is 0 Å². The van der Waals surface area contributed by atoms with Crippen molar-refractivity contribution in [1.82, 2.24) is 10.7 Å². The van der Waals surface area contributed by atoms with Crippen LogP contribution >= 0.6 is 15.9 Å². The van der Waals surface area contributed by atoms with Gasteiger partial charge in [0.1, 0.15) is 0 Å². The van der Waals surface area contributed by atoms with Crippen LogP contribution in [0, 0.1) is 6.92 Å². The lowest BCUT2D eigenvalue weighted by Gasteiger charge is -2.08. The maximum atomic E-state index is 12.0. The van der Waals surface area contributed by atoms with Crippen LogP contribution in [0.5, 0.6) is 11.5 Å². The lowest BCUT2D eigenvalue weighted by Crippen LogP contribution is -2.34. The van der Waals surface area contributed by atoms with Gasteiger partial charge in [-0.3, -0.25) is 9.59 Å². The quantitative estimate of drug-likeness (QED) is 0.461. The molecule has 0 bridgehead atoms. The first kappa shape index (κ1) is 20.4. The molecule has 0 saturated heterocycles. The van der Waals surface area contributed by atoms with Gasteiger partial charge in [0.25, 0.3) is 11.8 Å². The Morgan fingerprint density at radius 1 is 1.26 bits per heavy atom. The summed E-state index contributed by atoms with van der Waals surface area (Å²) in [6, 6.07) is 10.3. The Kier molecular flexibility index (Phi) is 7.36. The van der Waals surface area contributed by atoms with Crippen molar-refractivity contribution in [1.29, 1.82) is 0 Å². The highest BCUT2D eigenvalue weighted by Crippen LogP contribution is 2.34. The Bertz CT molecular complexity index is 851. The smallest absolute Gasteiger partial charge is 0.259 e. The van der Waals surface area contributed by atoms with E-state index in [1.807, 2.05) is 19.1 Å². The molecule has 0 aliphatic heterocycles. The van der Waals surface area contributed by atoms with Crippen LogP contribution in [-0.2, 0) is 4.79 Å². The maximum Gasteiger partial charge on any atom is 0.259 e. The van der Waals surface area contributed by atoms with Crippen molar-refractivity contribution in [3.63, 3.8) is 0 Å². The normalized spacial score (nSPS) is 10.6.